The van der Waals surface area contributed by atoms with Gasteiger partial charge in [-0.1, -0.05) is 25.5 Å². The van der Waals surface area contributed by atoms with Gasteiger partial charge in [0.15, 0.2) is 0 Å². The summed E-state index contributed by atoms with van der Waals surface area (Å²) in [6, 6.07) is 3.77. The van der Waals surface area contributed by atoms with Crippen LogP contribution in [-0.4, -0.2) is 9.55 Å². The molecule has 0 amide bonds. The predicted molar refractivity (Wildman–Crippen MR) is 80.3 cm³/mol. The van der Waals surface area contributed by atoms with Crippen molar-refractivity contribution in [1.29, 1.82) is 0 Å². The van der Waals surface area contributed by atoms with Crippen molar-refractivity contribution < 1.29 is 4.39 Å². The summed E-state index contributed by atoms with van der Waals surface area (Å²) in [6.45, 7) is 7.40. The molecule has 0 bridgehead atoms. The minimum atomic E-state index is -0.113. The Labute approximate surface area is 119 Å². The lowest BCUT2D eigenvalue weighted by Crippen LogP contribution is -2.08. The Morgan fingerprint density at radius 3 is 2.60 bits per heavy atom. The van der Waals surface area contributed by atoms with Crippen LogP contribution in [0.4, 0.5) is 10.3 Å². The molecule has 1 heterocycles. The van der Waals surface area contributed by atoms with E-state index in [1.54, 1.807) is 20.0 Å². The molecule has 20 heavy (non-hydrogen) atoms. The van der Waals surface area contributed by atoms with Gasteiger partial charge in [0.25, 0.3) is 0 Å². The van der Waals surface area contributed by atoms with Crippen LogP contribution in [0.1, 0.15) is 36.5 Å². The molecule has 4 heteroatoms. The third kappa shape index (κ3) is 3.38. The van der Waals surface area contributed by atoms with Crippen LogP contribution in [0.2, 0.25) is 0 Å². The fraction of sp³-hybridized carbons (Fsp3) is 0.438. The molecule has 0 fully saturated rings. The third-order valence-corrected chi connectivity index (χ3v) is 3.41. The van der Waals surface area contributed by atoms with Crippen molar-refractivity contribution in [2.24, 2.45) is 0 Å². The Hall–Kier alpha value is -1.84. The first-order chi connectivity index (χ1) is 9.61. The summed E-state index contributed by atoms with van der Waals surface area (Å²) in [5.41, 5.74) is 2.46. The number of anilines is 1. The number of unbranched alkanes of at least 4 members (excludes halogenated alkanes) is 1. The van der Waals surface area contributed by atoms with E-state index in [0.717, 1.165) is 30.9 Å². The number of halogens is 1. The van der Waals surface area contributed by atoms with Gasteiger partial charge in [-0.05, 0) is 37.0 Å². The van der Waals surface area contributed by atoms with Gasteiger partial charge in [-0.2, -0.15) is 0 Å². The summed E-state index contributed by atoms with van der Waals surface area (Å²) >= 11 is 0. The number of imidazole rings is 1. The molecule has 1 aromatic heterocycles. The molecule has 0 spiro atoms. The first-order valence-electron chi connectivity index (χ1n) is 7.12. The fourth-order valence-electron chi connectivity index (χ4n) is 2.30. The normalized spacial score (nSPS) is 10.8. The SMILES string of the molecule is CCCCn1ccnc1NCc1cc(C)c(F)c(C)c1. The number of nitrogens with one attached hydrogen (secondary N) is 1. The topological polar surface area (TPSA) is 29.9 Å². The molecular formula is C16H22FN3. The van der Waals surface area contributed by atoms with Gasteiger partial charge in [0.2, 0.25) is 5.95 Å². The minimum absolute atomic E-state index is 0.113. The van der Waals surface area contributed by atoms with Crippen LogP contribution in [-0.2, 0) is 13.1 Å². The summed E-state index contributed by atoms with van der Waals surface area (Å²) in [7, 11) is 0. The Kier molecular flexibility index (Phi) is 4.77. The second-order valence-electron chi connectivity index (χ2n) is 5.19. The maximum absolute atomic E-state index is 13.6. The van der Waals surface area contributed by atoms with Crippen LogP contribution in [0.15, 0.2) is 24.5 Å². The molecule has 0 aliphatic carbocycles. The highest BCUT2D eigenvalue weighted by Gasteiger charge is 2.06. The number of hydrogen-bond acceptors (Lipinski definition) is 2. The molecule has 2 rings (SSSR count). The van der Waals surface area contributed by atoms with E-state index < -0.39 is 0 Å². The van der Waals surface area contributed by atoms with Crippen LogP contribution in [0.25, 0.3) is 0 Å². The third-order valence-electron chi connectivity index (χ3n) is 3.41. The first kappa shape index (κ1) is 14.6. The summed E-state index contributed by atoms with van der Waals surface area (Å²) < 4.78 is 15.7. The molecule has 0 atom stereocenters. The molecular weight excluding hydrogens is 253 g/mol. The number of aryl methyl sites for hydroxylation is 3. The van der Waals surface area contributed by atoms with Gasteiger partial charge in [0, 0.05) is 25.5 Å². The molecule has 3 nitrogen and oxygen atoms in total. The van der Waals surface area contributed by atoms with E-state index in [9.17, 15) is 4.39 Å². The van der Waals surface area contributed by atoms with E-state index in [0.29, 0.717) is 17.7 Å². The highest BCUT2D eigenvalue weighted by molar-refractivity contribution is 5.34. The van der Waals surface area contributed by atoms with Gasteiger partial charge in [0.05, 0.1) is 0 Å². The van der Waals surface area contributed by atoms with Gasteiger partial charge >= 0.3 is 0 Å². The van der Waals surface area contributed by atoms with E-state index in [-0.39, 0.29) is 5.82 Å². The van der Waals surface area contributed by atoms with Gasteiger partial charge in [0.1, 0.15) is 5.82 Å². The summed E-state index contributed by atoms with van der Waals surface area (Å²) in [4.78, 5) is 4.32. The molecule has 0 saturated heterocycles. The standard InChI is InChI=1S/C16H22FN3/c1-4-5-7-20-8-6-18-16(20)19-11-14-9-12(2)15(17)13(3)10-14/h6,8-10H,4-5,7,11H2,1-3H3,(H,18,19). The number of benzene rings is 1. The molecule has 2 aromatic rings. The van der Waals surface area contributed by atoms with Crippen LogP contribution in [0.3, 0.4) is 0 Å². The largest absolute Gasteiger partial charge is 0.352 e. The first-order valence-corrected chi connectivity index (χ1v) is 7.12. The van der Waals surface area contributed by atoms with Gasteiger partial charge in [-0.3, -0.25) is 0 Å². The number of nitrogens with zero attached hydrogens (tertiary/aromatic N) is 2. The summed E-state index contributed by atoms with van der Waals surface area (Å²) in [5, 5.41) is 3.32. The predicted octanol–water partition coefficient (Wildman–Crippen LogP) is 4.05. The Morgan fingerprint density at radius 1 is 1.25 bits per heavy atom. The highest BCUT2D eigenvalue weighted by Crippen LogP contribution is 2.16. The lowest BCUT2D eigenvalue weighted by molar-refractivity contribution is 0.608. The molecule has 0 aliphatic heterocycles. The molecule has 0 aliphatic rings. The van der Waals surface area contributed by atoms with E-state index in [2.05, 4.69) is 21.8 Å². The van der Waals surface area contributed by atoms with E-state index >= 15 is 0 Å². The molecule has 1 N–H and O–H groups in total. The zero-order chi connectivity index (χ0) is 14.5. The van der Waals surface area contributed by atoms with E-state index in [1.807, 2.05) is 18.3 Å². The van der Waals surface area contributed by atoms with Crippen LogP contribution in [0, 0.1) is 19.7 Å². The van der Waals surface area contributed by atoms with Crippen molar-refractivity contribution >= 4 is 5.95 Å². The monoisotopic (exact) mass is 275 g/mol. The Balaban J connectivity index is 2.04. The van der Waals surface area contributed by atoms with Crippen molar-refractivity contribution in [2.45, 2.75) is 46.7 Å². The average molecular weight is 275 g/mol. The maximum atomic E-state index is 13.6. The smallest absolute Gasteiger partial charge is 0.203 e. The summed E-state index contributed by atoms with van der Waals surface area (Å²) in [5.74, 6) is 0.760. The van der Waals surface area contributed by atoms with Crippen molar-refractivity contribution in [3.8, 4) is 0 Å². The zero-order valence-electron chi connectivity index (χ0n) is 12.4. The Morgan fingerprint density at radius 2 is 1.95 bits per heavy atom. The van der Waals surface area contributed by atoms with Crippen LogP contribution >= 0.6 is 0 Å². The molecule has 108 valence electrons. The number of rotatable bonds is 6. The number of aromatic nitrogens is 2. The van der Waals surface area contributed by atoms with Gasteiger partial charge in [-0.25, -0.2) is 9.37 Å². The molecule has 0 saturated carbocycles. The Bertz CT molecular complexity index is 552. The fourth-order valence-corrected chi connectivity index (χ4v) is 2.30. The van der Waals surface area contributed by atoms with Crippen molar-refractivity contribution in [2.75, 3.05) is 5.32 Å². The highest BCUT2D eigenvalue weighted by atomic mass is 19.1. The summed E-state index contributed by atoms with van der Waals surface area (Å²) in [6.07, 6.45) is 6.09. The quantitative estimate of drug-likeness (QED) is 0.862. The van der Waals surface area contributed by atoms with Crippen LogP contribution in [0.5, 0.6) is 0 Å². The van der Waals surface area contributed by atoms with Gasteiger partial charge in [-0.15, -0.1) is 0 Å². The lowest BCUT2D eigenvalue weighted by atomic mass is 10.1. The second-order valence-corrected chi connectivity index (χ2v) is 5.19. The van der Waals surface area contributed by atoms with Crippen molar-refractivity contribution in [1.82, 2.24) is 9.55 Å². The molecule has 0 unspecified atom stereocenters. The zero-order valence-corrected chi connectivity index (χ0v) is 12.4. The minimum Gasteiger partial charge on any atom is -0.352 e. The molecule has 1 aromatic carbocycles. The van der Waals surface area contributed by atoms with Gasteiger partial charge < -0.3 is 9.88 Å². The van der Waals surface area contributed by atoms with Crippen LogP contribution < -0.4 is 5.32 Å². The van der Waals surface area contributed by atoms with E-state index in [1.165, 1.54) is 0 Å². The number of hydrogen-bond donors (Lipinski definition) is 1. The molecule has 0 radical (unpaired) electrons. The maximum Gasteiger partial charge on any atom is 0.203 e. The van der Waals surface area contributed by atoms with Crippen molar-refractivity contribution in [3.05, 3.63) is 47.0 Å². The van der Waals surface area contributed by atoms with E-state index in [4.69, 9.17) is 0 Å². The second kappa shape index (κ2) is 6.55. The lowest BCUT2D eigenvalue weighted by Gasteiger charge is -2.11. The average Bonchev–Trinajstić information content (AvgIpc) is 2.87. The van der Waals surface area contributed by atoms with Crippen molar-refractivity contribution in [3.63, 3.8) is 0 Å².